The second kappa shape index (κ2) is 7.29. The molecule has 0 bridgehead atoms. The molecule has 0 N–H and O–H groups in total. The average molecular weight is 342 g/mol. The van der Waals surface area contributed by atoms with Gasteiger partial charge in [-0.1, -0.05) is 30.3 Å². The molecule has 0 aromatic heterocycles. The Morgan fingerprint density at radius 2 is 1.86 bits per heavy atom. The van der Waals surface area contributed by atoms with Gasteiger partial charge in [0.05, 0.1) is 5.75 Å². The van der Waals surface area contributed by atoms with E-state index in [0.29, 0.717) is 19.0 Å². The molecule has 1 aliphatic heterocycles. The van der Waals surface area contributed by atoms with E-state index in [1.54, 1.807) is 4.90 Å². The molecule has 0 atom stereocenters. The summed E-state index contributed by atoms with van der Waals surface area (Å²) in [5.41, 5.74) is 1.24. The van der Waals surface area contributed by atoms with Crippen LogP contribution in [0.4, 0.5) is 0 Å². The summed E-state index contributed by atoms with van der Waals surface area (Å²) >= 11 is 5.89. The van der Waals surface area contributed by atoms with Crippen molar-refractivity contribution in [2.45, 2.75) is 25.2 Å². The second-order valence-corrected chi connectivity index (χ2v) is 7.99. The SMILES string of the molecule is C=CS(=O)(=O)CCC(=O)N1CCC(c2ccc(Cl)cc2)CC1. The smallest absolute Gasteiger partial charge is 0.223 e. The monoisotopic (exact) mass is 341 g/mol. The Labute approximate surface area is 136 Å². The maximum absolute atomic E-state index is 12.1. The largest absolute Gasteiger partial charge is 0.343 e. The highest BCUT2D eigenvalue weighted by Crippen LogP contribution is 2.29. The number of nitrogens with zero attached hydrogens (tertiary/aromatic N) is 1. The number of sulfone groups is 1. The van der Waals surface area contributed by atoms with Crippen LogP contribution in [0, 0.1) is 0 Å². The number of hydrogen-bond donors (Lipinski definition) is 0. The van der Waals surface area contributed by atoms with Crippen LogP contribution in [0.3, 0.4) is 0 Å². The van der Waals surface area contributed by atoms with Gasteiger partial charge >= 0.3 is 0 Å². The van der Waals surface area contributed by atoms with E-state index in [0.717, 1.165) is 23.3 Å². The van der Waals surface area contributed by atoms with Gasteiger partial charge in [-0.3, -0.25) is 4.79 Å². The molecule has 0 radical (unpaired) electrons. The van der Waals surface area contributed by atoms with E-state index in [-0.39, 0.29) is 18.1 Å². The predicted octanol–water partition coefficient (Wildman–Crippen LogP) is 2.99. The van der Waals surface area contributed by atoms with Gasteiger partial charge in [0.15, 0.2) is 9.84 Å². The van der Waals surface area contributed by atoms with Gasteiger partial charge in [-0.05, 0) is 36.5 Å². The topological polar surface area (TPSA) is 54.5 Å². The standard InChI is InChI=1S/C16H20ClNO3S/c1-2-22(20,21)12-9-16(19)18-10-7-14(8-11-18)13-3-5-15(17)6-4-13/h2-6,14H,1,7-12H2. The summed E-state index contributed by atoms with van der Waals surface area (Å²) in [6.07, 6.45) is 1.81. The summed E-state index contributed by atoms with van der Waals surface area (Å²) in [4.78, 5) is 13.8. The lowest BCUT2D eigenvalue weighted by Crippen LogP contribution is -2.38. The molecule has 4 nitrogen and oxygen atoms in total. The highest BCUT2D eigenvalue weighted by atomic mass is 35.5. The first-order valence-electron chi connectivity index (χ1n) is 7.30. The molecule has 1 amide bonds. The van der Waals surface area contributed by atoms with Crippen LogP contribution < -0.4 is 0 Å². The molecule has 1 aliphatic rings. The Balaban J connectivity index is 1.85. The first-order chi connectivity index (χ1) is 10.4. The van der Waals surface area contributed by atoms with Crippen LogP contribution in [0.15, 0.2) is 36.3 Å². The first-order valence-corrected chi connectivity index (χ1v) is 9.39. The third-order valence-electron chi connectivity index (χ3n) is 4.04. The summed E-state index contributed by atoms with van der Waals surface area (Å²) in [7, 11) is -3.31. The zero-order valence-corrected chi connectivity index (χ0v) is 13.9. The number of likely N-dealkylation sites (tertiary alicyclic amines) is 1. The predicted molar refractivity (Wildman–Crippen MR) is 88.6 cm³/mol. The number of benzene rings is 1. The van der Waals surface area contributed by atoms with Gasteiger partial charge in [0.25, 0.3) is 0 Å². The van der Waals surface area contributed by atoms with Crippen molar-refractivity contribution in [3.05, 3.63) is 46.8 Å². The molecular weight excluding hydrogens is 322 g/mol. The van der Waals surface area contributed by atoms with Gasteiger partial charge in [0.2, 0.25) is 5.91 Å². The van der Waals surface area contributed by atoms with E-state index in [1.165, 1.54) is 5.56 Å². The fraction of sp³-hybridized carbons (Fsp3) is 0.438. The van der Waals surface area contributed by atoms with E-state index in [2.05, 4.69) is 6.58 Å². The van der Waals surface area contributed by atoms with Crippen LogP contribution in [0.2, 0.25) is 5.02 Å². The van der Waals surface area contributed by atoms with Crippen LogP contribution in [0.1, 0.15) is 30.7 Å². The minimum absolute atomic E-state index is 0.0277. The molecule has 1 saturated heterocycles. The molecule has 0 aliphatic carbocycles. The molecule has 0 unspecified atom stereocenters. The Morgan fingerprint density at radius 1 is 1.27 bits per heavy atom. The molecule has 6 heteroatoms. The molecule has 1 aromatic carbocycles. The van der Waals surface area contributed by atoms with E-state index in [1.807, 2.05) is 24.3 Å². The lowest BCUT2D eigenvalue weighted by atomic mass is 9.89. The fourth-order valence-electron chi connectivity index (χ4n) is 2.67. The van der Waals surface area contributed by atoms with Crippen LogP contribution in [0.25, 0.3) is 0 Å². The van der Waals surface area contributed by atoms with Crippen molar-refractivity contribution in [3.8, 4) is 0 Å². The van der Waals surface area contributed by atoms with E-state index in [9.17, 15) is 13.2 Å². The number of rotatable bonds is 5. The summed E-state index contributed by atoms with van der Waals surface area (Å²) < 4.78 is 22.7. The number of halogens is 1. The molecule has 0 spiro atoms. The maximum Gasteiger partial charge on any atom is 0.223 e. The highest BCUT2D eigenvalue weighted by Gasteiger charge is 2.24. The van der Waals surface area contributed by atoms with Crippen molar-refractivity contribution in [2.24, 2.45) is 0 Å². The minimum atomic E-state index is -3.31. The molecule has 2 rings (SSSR count). The zero-order chi connectivity index (χ0) is 16.2. The molecule has 0 saturated carbocycles. The Bertz CT molecular complexity index is 632. The van der Waals surface area contributed by atoms with E-state index >= 15 is 0 Å². The summed E-state index contributed by atoms with van der Waals surface area (Å²) in [6, 6.07) is 7.82. The van der Waals surface area contributed by atoms with Crippen molar-refractivity contribution >= 4 is 27.3 Å². The first kappa shape index (κ1) is 17.0. The third-order valence-corrected chi connectivity index (χ3v) is 5.58. The van der Waals surface area contributed by atoms with E-state index in [4.69, 9.17) is 11.6 Å². The molecular formula is C16H20ClNO3S. The number of carbonyl (C=O) groups excluding carboxylic acids is 1. The van der Waals surface area contributed by atoms with Crippen molar-refractivity contribution in [1.82, 2.24) is 4.90 Å². The van der Waals surface area contributed by atoms with Crippen LogP contribution in [-0.4, -0.2) is 38.1 Å². The van der Waals surface area contributed by atoms with E-state index < -0.39 is 9.84 Å². The molecule has 120 valence electrons. The molecule has 22 heavy (non-hydrogen) atoms. The van der Waals surface area contributed by atoms with Gasteiger partial charge in [-0.25, -0.2) is 8.42 Å². The van der Waals surface area contributed by atoms with Crippen molar-refractivity contribution in [1.29, 1.82) is 0 Å². The Hall–Kier alpha value is -1.33. The van der Waals surface area contributed by atoms with Crippen molar-refractivity contribution in [2.75, 3.05) is 18.8 Å². The van der Waals surface area contributed by atoms with Crippen LogP contribution in [0.5, 0.6) is 0 Å². The highest BCUT2D eigenvalue weighted by molar-refractivity contribution is 7.94. The normalized spacial score (nSPS) is 16.5. The van der Waals surface area contributed by atoms with Crippen molar-refractivity contribution < 1.29 is 13.2 Å². The minimum Gasteiger partial charge on any atom is -0.343 e. The van der Waals surface area contributed by atoms with Crippen molar-refractivity contribution in [3.63, 3.8) is 0 Å². The number of hydrogen-bond acceptors (Lipinski definition) is 3. The summed E-state index contributed by atoms with van der Waals surface area (Å²) in [5, 5.41) is 1.63. The number of amides is 1. The van der Waals surface area contributed by atoms with Crippen LogP contribution in [-0.2, 0) is 14.6 Å². The summed E-state index contributed by atoms with van der Waals surface area (Å²) in [5.74, 6) is 0.171. The third kappa shape index (κ3) is 4.58. The van der Waals surface area contributed by atoms with Gasteiger partial charge in [-0.15, -0.1) is 0 Å². The van der Waals surface area contributed by atoms with Gasteiger partial charge in [0, 0.05) is 29.9 Å². The summed E-state index contributed by atoms with van der Waals surface area (Å²) in [6.45, 7) is 4.58. The van der Waals surface area contributed by atoms with Gasteiger partial charge in [0.1, 0.15) is 0 Å². The maximum atomic E-state index is 12.1. The lowest BCUT2D eigenvalue weighted by molar-refractivity contribution is -0.131. The quantitative estimate of drug-likeness (QED) is 0.827. The molecule has 1 heterocycles. The lowest BCUT2D eigenvalue weighted by Gasteiger charge is -2.32. The van der Waals surface area contributed by atoms with Crippen LogP contribution >= 0.6 is 11.6 Å². The molecule has 1 aromatic rings. The number of piperidine rings is 1. The number of carbonyl (C=O) groups is 1. The zero-order valence-electron chi connectivity index (χ0n) is 12.4. The second-order valence-electron chi connectivity index (χ2n) is 5.49. The molecule has 1 fully saturated rings. The van der Waals surface area contributed by atoms with Gasteiger partial charge < -0.3 is 4.90 Å². The van der Waals surface area contributed by atoms with Gasteiger partial charge in [-0.2, -0.15) is 0 Å². The Kier molecular flexibility index (Phi) is 5.64. The Morgan fingerprint density at radius 3 is 2.41 bits per heavy atom. The fourth-order valence-corrected chi connectivity index (χ4v) is 3.42. The average Bonchev–Trinajstić information content (AvgIpc) is 2.54.